The molecule has 3 aliphatic rings. The lowest BCUT2D eigenvalue weighted by molar-refractivity contribution is -0.145. The van der Waals surface area contributed by atoms with E-state index in [1.165, 1.54) is 32.1 Å². The zero-order valence-corrected chi connectivity index (χ0v) is 20.1. The molecule has 180 valence electrons. The number of rotatable bonds is 8. The molecule has 0 bridgehead atoms. The summed E-state index contributed by atoms with van der Waals surface area (Å²) in [6.45, 7) is 10.9. The largest absolute Gasteiger partial charge is 0.379 e. The molecule has 1 aromatic rings. The summed E-state index contributed by atoms with van der Waals surface area (Å²) in [4.78, 5) is 7.35. The Bertz CT molecular complexity index is 754. The predicted octanol–water partition coefficient (Wildman–Crippen LogP) is 1.62. The van der Waals surface area contributed by atoms with Crippen LogP contribution in [0.4, 0.5) is 0 Å². The second-order valence-electron chi connectivity index (χ2n) is 9.44. The molecule has 0 amide bonds. The number of hydrogen-bond acceptors (Lipinski definition) is 6. The molecule has 1 aliphatic heterocycles. The molecule has 2 saturated carbocycles. The second-order valence-corrected chi connectivity index (χ2v) is 9.44. The molecule has 9 heteroatoms. The van der Waals surface area contributed by atoms with Crippen molar-refractivity contribution in [1.82, 2.24) is 30.3 Å². The average Bonchev–Trinajstić information content (AvgIpc) is 3.15. The van der Waals surface area contributed by atoms with E-state index in [2.05, 4.69) is 32.7 Å². The van der Waals surface area contributed by atoms with Crippen LogP contribution in [0.3, 0.4) is 0 Å². The smallest absolute Gasteiger partial charge is 0.191 e. The maximum Gasteiger partial charge on any atom is 0.191 e. The molecule has 2 atom stereocenters. The van der Waals surface area contributed by atoms with Crippen molar-refractivity contribution < 1.29 is 9.47 Å². The standard InChI is InChI=1S/C23H41N7O2/c1-4-32-20-16-19(23(20)8-6-5-7-9-23)26-22(24-10-11-30-12-14-31-15-13-30)25-17-21-28-27-18(2)29(21)3/h19-20H,4-17H2,1-3H3,(H2,24,25,26). The Morgan fingerprint density at radius 2 is 2.00 bits per heavy atom. The molecule has 4 rings (SSSR count). The monoisotopic (exact) mass is 447 g/mol. The van der Waals surface area contributed by atoms with E-state index in [4.69, 9.17) is 14.5 Å². The molecule has 2 heterocycles. The first-order chi connectivity index (χ1) is 15.6. The van der Waals surface area contributed by atoms with E-state index in [-0.39, 0.29) is 5.41 Å². The van der Waals surface area contributed by atoms with E-state index in [1.54, 1.807) is 0 Å². The molecule has 1 spiro atoms. The summed E-state index contributed by atoms with van der Waals surface area (Å²) in [5.41, 5.74) is 0.252. The first-order valence-corrected chi connectivity index (χ1v) is 12.4. The van der Waals surface area contributed by atoms with Gasteiger partial charge in [-0.3, -0.25) is 4.90 Å². The van der Waals surface area contributed by atoms with Gasteiger partial charge in [-0.25, -0.2) is 4.99 Å². The van der Waals surface area contributed by atoms with E-state index in [1.807, 2.05) is 18.5 Å². The molecule has 32 heavy (non-hydrogen) atoms. The van der Waals surface area contributed by atoms with Crippen molar-refractivity contribution in [3.05, 3.63) is 11.6 Å². The lowest BCUT2D eigenvalue weighted by Crippen LogP contribution is -2.66. The number of nitrogens with zero attached hydrogens (tertiary/aromatic N) is 5. The maximum absolute atomic E-state index is 6.15. The lowest BCUT2D eigenvalue weighted by Gasteiger charge is -2.58. The van der Waals surface area contributed by atoms with E-state index in [9.17, 15) is 0 Å². The van der Waals surface area contributed by atoms with Gasteiger partial charge in [0.2, 0.25) is 0 Å². The summed E-state index contributed by atoms with van der Waals surface area (Å²) in [6, 6.07) is 0.412. The predicted molar refractivity (Wildman–Crippen MR) is 125 cm³/mol. The van der Waals surface area contributed by atoms with Crippen molar-refractivity contribution in [1.29, 1.82) is 0 Å². The van der Waals surface area contributed by atoms with Crippen LogP contribution in [-0.4, -0.2) is 83.8 Å². The highest BCUT2D eigenvalue weighted by Gasteiger charge is 2.55. The molecule has 3 fully saturated rings. The Labute approximate surface area is 192 Å². The summed E-state index contributed by atoms with van der Waals surface area (Å²) in [7, 11) is 1.99. The van der Waals surface area contributed by atoms with Crippen LogP contribution in [0, 0.1) is 12.3 Å². The Morgan fingerprint density at radius 1 is 1.22 bits per heavy atom. The number of hydrogen-bond donors (Lipinski definition) is 2. The van der Waals surface area contributed by atoms with Gasteiger partial charge < -0.3 is 24.7 Å². The van der Waals surface area contributed by atoms with Crippen molar-refractivity contribution in [2.45, 2.75) is 71.1 Å². The van der Waals surface area contributed by atoms with Crippen molar-refractivity contribution in [2.75, 3.05) is 46.0 Å². The minimum atomic E-state index is 0.252. The van der Waals surface area contributed by atoms with Crippen LogP contribution in [0.1, 0.15) is 57.1 Å². The fraction of sp³-hybridized carbons (Fsp3) is 0.870. The third-order valence-corrected chi connectivity index (χ3v) is 7.63. The summed E-state index contributed by atoms with van der Waals surface area (Å²) in [6.07, 6.45) is 7.88. The van der Waals surface area contributed by atoms with Crippen LogP contribution < -0.4 is 10.6 Å². The highest BCUT2D eigenvalue weighted by Crippen LogP contribution is 2.53. The van der Waals surface area contributed by atoms with Gasteiger partial charge in [0, 0.05) is 51.3 Å². The highest BCUT2D eigenvalue weighted by atomic mass is 16.5. The fourth-order valence-electron chi connectivity index (χ4n) is 5.48. The highest BCUT2D eigenvalue weighted by molar-refractivity contribution is 5.80. The number of aryl methyl sites for hydroxylation is 1. The van der Waals surface area contributed by atoms with Gasteiger partial charge in [0.25, 0.3) is 0 Å². The van der Waals surface area contributed by atoms with Gasteiger partial charge in [-0.2, -0.15) is 0 Å². The first-order valence-electron chi connectivity index (χ1n) is 12.4. The third-order valence-electron chi connectivity index (χ3n) is 7.63. The number of guanidine groups is 1. The minimum Gasteiger partial charge on any atom is -0.379 e. The number of aromatic nitrogens is 3. The Kier molecular flexibility index (Phi) is 8.02. The molecule has 1 aromatic heterocycles. The van der Waals surface area contributed by atoms with Crippen LogP contribution in [0.15, 0.2) is 4.99 Å². The molecule has 2 unspecified atom stereocenters. The molecule has 2 aliphatic carbocycles. The van der Waals surface area contributed by atoms with Gasteiger partial charge in [-0.05, 0) is 33.1 Å². The van der Waals surface area contributed by atoms with Crippen molar-refractivity contribution in [3.8, 4) is 0 Å². The number of morpholine rings is 1. The van der Waals surface area contributed by atoms with Gasteiger partial charge in [-0.15, -0.1) is 10.2 Å². The maximum atomic E-state index is 6.15. The zero-order chi connectivity index (χ0) is 22.4. The average molecular weight is 448 g/mol. The molecule has 2 N–H and O–H groups in total. The van der Waals surface area contributed by atoms with E-state index in [0.29, 0.717) is 18.7 Å². The van der Waals surface area contributed by atoms with Crippen LogP contribution in [0.2, 0.25) is 0 Å². The van der Waals surface area contributed by atoms with E-state index in [0.717, 1.165) is 70.0 Å². The Morgan fingerprint density at radius 3 is 2.69 bits per heavy atom. The number of ether oxygens (including phenoxy) is 2. The number of aliphatic imine (C=N–C) groups is 1. The van der Waals surface area contributed by atoms with Gasteiger partial charge >= 0.3 is 0 Å². The first kappa shape index (κ1) is 23.4. The van der Waals surface area contributed by atoms with Crippen molar-refractivity contribution >= 4 is 5.96 Å². The van der Waals surface area contributed by atoms with Gasteiger partial charge in [0.15, 0.2) is 11.8 Å². The summed E-state index contributed by atoms with van der Waals surface area (Å²) >= 11 is 0. The topological polar surface area (TPSA) is 88.8 Å². The normalized spacial score (nSPS) is 26.2. The molecule has 1 saturated heterocycles. The van der Waals surface area contributed by atoms with Crippen LogP contribution >= 0.6 is 0 Å². The summed E-state index contributed by atoms with van der Waals surface area (Å²) in [5, 5.41) is 15.8. The summed E-state index contributed by atoms with van der Waals surface area (Å²) in [5.74, 6) is 2.67. The molecule has 0 radical (unpaired) electrons. The van der Waals surface area contributed by atoms with Gasteiger partial charge in [0.1, 0.15) is 12.4 Å². The molecule has 0 aromatic carbocycles. The quantitative estimate of drug-likeness (QED) is 0.462. The molecular formula is C23H41N7O2. The van der Waals surface area contributed by atoms with E-state index < -0.39 is 0 Å². The van der Waals surface area contributed by atoms with Crippen LogP contribution in [-0.2, 0) is 23.1 Å². The Balaban J connectivity index is 1.41. The third kappa shape index (κ3) is 5.26. The van der Waals surface area contributed by atoms with Crippen molar-refractivity contribution in [3.63, 3.8) is 0 Å². The minimum absolute atomic E-state index is 0.252. The molecule has 9 nitrogen and oxygen atoms in total. The lowest BCUT2D eigenvalue weighted by atomic mass is 9.55. The molecular weight excluding hydrogens is 406 g/mol. The fourth-order valence-corrected chi connectivity index (χ4v) is 5.48. The van der Waals surface area contributed by atoms with Crippen molar-refractivity contribution in [2.24, 2.45) is 17.5 Å². The van der Waals surface area contributed by atoms with E-state index >= 15 is 0 Å². The van der Waals surface area contributed by atoms with Crippen LogP contribution in [0.25, 0.3) is 0 Å². The van der Waals surface area contributed by atoms with Gasteiger partial charge in [0.05, 0.1) is 19.3 Å². The SMILES string of the molecule is CCOC1CC(NC(=NCc2nnc(C)n2C)NCCN2CCOCC2)C12CCCCC2. The van der Waals surface area contributed by atoms with Gasteiger partial charge in [-0.1, -0.05) is 19.3 Å². The summed E-state index contributed by atoms with van der Waals surface area (Å²) < 4.78 is 13.6. The number of nitrogens with one attached hydrogen (secondary N) is 2. The second kappa shape index (κ2) is 10.9. The van der Waals surface area contributed by atoms with Crippen LogP contribution in [0.5, 0.6) is 0 Å². The zero-order valence-electron chi connectivity index (χ0n) is 20.1. The Hall–Kier alpha value is -1.71.